The van der Waals surface area contributed by atoms with Gasteiger partial charge in [-0.2, -0.15) is 0 Å². The highest BCUT2D eigenvalue weighted by Crippen LogP contribution is 2.22. The van der Waals surface area contributed by atoms with Gasteiger partial charge in [0.05, 0.1) is 12.6 Å². The normalized spacial score (nSPS) is 19.5. The van der Waals surface area contributed by atoms with E-state index in [9.17, 15) is 0 Å². The molecule has 2 aromatic heterocycles. The van der Waals surface area contributed by atoms with Crippen molar-refractivity contribution in [2.45, 2.75) is 59.3 Å². The molecule has 122 valence electrons. The SMILES string of the molecule is CC.Cc1cn(C(C)COC2CCCCO2)c2ncncc12. The summed E-state index contributed by atoms with van der Waals surface area (Å²) in [6.45, 7) is 9.68. The van der Waals surface area contributed by atoms with Gasteiger partial charge in [-0.1, -0.05) is 13.8 Å². The van der Waals surface area contributed by atoms with E-state index in [4.69, 9.17) is 9.47 Å². The predicted molar refractivity (Wildman–Crippen MR) is 87.9 cm³/mol. The molecule has 1 saturated heterocycles. The third kappa shape index (κ3) is 3.84. The molecule has 2 atom stereocenters. The molecule has 2 unspecified atom stereocenters. The molecule has 0 bridgehead atoms. The number of hydrogen-bond donors (Lipinski definition) is 0. The number of rotatable bonds is 4. The fourth-order valence-electron chi connectivity index (χ4n) is 2.65. The maximum atomic E-state index is 5.87. The van der Waals surface area contributed by atoms with E-state index in [1.165, 1.54) is 12.0 Å². The number of nitrogens with zero attached hydrogens (tertiary/aromatic N) is 3. The highest BCUT2D eigenvalue weighted by molar-refractivity contribution is 5.79. The van der Waals surface area contributed by atoms with E-state index in [1.54, 1.807) is 6.33 Å². The summed E-state index contributed by atoms with van der Waals surface area (Å²) in [7, 11) is 0. The molecule has 0 aliphatic carbocycles. The summed E-state index contributed by atoms with van der Waals surface area (Å²) in [4.78, 5) is 8.47. The van der Waals surface area contributed by atoms with Gasteiger partial charge in [-0.05, 0) is 38.7 Å². The molecule has 0 N–H and O–H groups in total. The molecule has 0 saturated carbocycles. The van der Waals surface area contributed by atoms with Crippen molar-refractivity contribution in [3.05, 3.63) is 24.3 Å². The molecule has 0 aromatic carbocycles. The molecule has 2 aromatic rings. The molecule has 1 aliphatic rings. The van der Waals surface area contributed by atoms with Crippen LogP contribution in [-0.4, -0.2) is 34.0 Å². The Bertz CT molecular complexity index is 576. The second-order valence-electron chi connectivity index (χ2n) is 5.46. The minimum Gasteiger partial charge on any atom is -0.353 e. The lowest BCUT2D eigenvalue weighted by Crippen LogP contribution is -2.25. The second kappa shape index (κ2) is 8.25. The Labute approximate surface area is 132 Å². The van der Waals surface area contributed by atoms with Crippen LogP contribution < -0.4 is 0 Å². The monoisotopic (exact) mass is 305 g/mol. The molecule has 1 fully saturated rings. The van der Waals surface area contributed by atoms with Crippen LogP contribution in [0, 0.1) is 6.92 Å². The van der Waals surface area contributed by atoms with Gasteiger partial charge in [0.2, 0.25) is 0 Å². The summed E-state index contributed by atoms with van der Waals surface area (Å²) >= 11 is 0. The summed E-state index contributed by atoms with van der Waals surface area (Å²) in [6, 6.07) is 0.228. The first kappa shape index (κ1) is 16.9. The number of aromatic nitrogens is 3. The molecule has 3 heterocycles. The topological polar surface area (TPSA) is 49.2 Å². The maximum Gasteiger partial charge on any atom is 0.157 e. The summed E-state index contributed by atoms with van der Waals surface area (Å²) < 4.78 is 13.6. The molecule has 22 heavy (non-hydrogen) atoms. The fourth-order valence-corrected chi connectivity index (χ4v) is 2.65. The summed E-state index contributed by atoms with van der Waals surface area (Å²) in [5.74, 6) is 0. The Hall–Kier alpha value is -1.46. The average Bonchev–Trinajstić information content (AvgIpc) is 2.93. The molecule has 1 aliphatic heterocycles. The van der Waals surface area contributed by atoms with E-state index >= 15 is 0 Å². The third-order valence-corrected chi connectivity index (χ3v) is 3.83. The first-order valence-electron chi connectivity index (χ1n) is 8.26. The van der Waals surface area contributed by atoms with Crippen LogP contribution in [0.4, 0.5) is 0 Å². The highest BCUT2D eigenvalue weighted by atomic mass is 16.7. The second-order valence-corrected chi connectivity index (χ2v) is 5.46. The van der Waals surface area contributed by atoms with Crippen LogP contribution in [0.2, 0.25) is 0 Å². The summed E-state index contributed by atoms with van der Waals surface area (Å²) in [5, 5.41) is 1.10. The third-order valence-electron chi connectivity index (χ3n) is 3.83. The zero-order chi connectivity index (χ0) is 15.9. The van der Waals surface area contributed by atoms with Crippen molar-refractivity contribution in [1.29, 1.82) is 0 Å². The molecule has 0 spiro atoms. The van der Waals surface area contributed by atoms with Crippen molar-refractivity contribution in [3.8, 4) is 0 Å². The van der Waals surface area contributed by atoms with Crippen LogP contribution in [0.15, 0.2) is 18.7 Å². The number of aryl methyl sites for hydroxylation is 1. The number of hydrogen-bond acceptors (Lipinski definition) is 4. The minimum absolute atomic E-state index is 0.0382. The lowest BCUT2D eigenvalue weighted by Gasteiger charge is -2.24. The van der Waals surface area contributed by atoms with Gasteiger partial charge < -0.3 is 14.0 Å². The zero-order valence-corrected chi connectivity index (χ0v) is 14.1. The van der Waals surface area contributed by atoms with Crippen molar-refractivity contribution in [3.63, 3.8) is 0 Å². The Morgan fingerprint density at radius 1 is 1.41 bits per heavy atom. The average molecular weight is 305 g/mol. The molecule has 0 amide bonds. The number of ether oxygens (including phenoxy) is 2. The largest absolute Gasteiger partial charge is 0.353 e. The van der Waals surface area contributed by atoms with E-state index in [2.05, 4.69) is 34.6 Å². The van der Waals surface area contributed by atoms with Crippen LogP contribution in [0.1, 0.15) is 51.6 Å². The first-order chi connectivity index (χ1) is 10.8. The smallest absolute Gasteiger partial charge is 0.157 e. The van der Waals surface area contributed by atoms with Gasteiger partial charge in [0, 0.05) is 24.4 Å². The Balaban J connectivity index is 0.000000847. The van der Waals surface area contributed by atoms with Crippen molar-refractivity contribution < 1.29 is 9.47 Å². The van der Waals surface area contributed by atoms with Gasteiger partial charge in [-0.3, -0.25) is 0 Å². The molecule has 0 radical (unpaired) electrons. The highest BCUT2D eigenvalue weighted by Gasteiger charge is 2.17. The number of fused-ring (bicyclic) bond motifs is 1. The van der Waals surface area contributed by atoms with Gasteiger partial charge in [0.1, 0.15) is 12.0 Å². The molecule has 3 rings (SSSR count). The summed E-state index contributed by atoms with van der Waals surface area (Å²) in [6.07, 6.45) is 8.88. The van der Waals surface area contributed by atoms with E-state index in [1.807, 2.05) is 20.0 Å². The van der Waals surface area contributed by atoms with Crippen molar-refractivity contribution in [1.82, 2.24) is 14.5 Å². The van der Waals surface area contributed by atoms with Gasteiger partial charge in [0.25, 0.3) is 0 Å². The molecular weight excluding hydrogens is 278 g/mol. The van der Waals surface area contributed by atoms with Crippen LogP contribution in [0.25, 0.3) is 11.0 Å². The van der Waals surface area contributed by atoms with Gasteiger partial charge >= 0.3 is 0 Å². The predicted octanol–water partition coefficient (Wildman–Crippen LogP) is 3.87. The molecule has 5 nitrogen and oxygen atoms in total. The van der Waals surface area contributed by atoms with Gasteiger partial charge in [-0.15, -0.1) is 0 Å². The van der Waals surface area contributed by atoms with Crippen LogP contribution >= 0.6 is 0 Å². The lowest BCUT2D eigenvalue weighted by molar-refractivity contribution is -0.166. The Morgan fingerprint density at radius 3 is 2.95 bits per heavy atom. The summed E-state index contributed by atoms with van der Waals surface area (Å²) in [5.41, 5.74) is 2.17. The van der Waals surface area contributed by atoms with Crippen LogP contribution in [0.3, 0.4) is 0 Å². The van der Waals surface area contributed by atoms with E-state index in [0.29, 0.717) is 6.61 Å². The van der Waals surface area contributed by atoms with Crippen molar-refractivity contribution in [2.75, 3.05) is 13.2 Å². The van der Waals surface area contributed by atoms with Crippen molar-refractivity contribution >= 4 is 11.0 Å². The van der Waals surface area contributed by atoms with Crippen LogP contribution in [-0.2, 0) is 9.47 Å². The first-order valence-corrected chi connectivity index (χ1v) is 8.26. The van der Waals surface area contributed by atoms with E-state index < -0.39 is 0 Å². The van der Waals surface area contributed by atoms with Gasteiger partial charge in [-0.25, -0.2) is 9.97 Å². The standard InChI is InChI=1S/C15H21N3O2.C2H6/c1-11-8-18(15-13(11)7-16-10-17-15)12(2)9-20-14-5-3-4-6-19-14;1-2/h7-8,10,12,14H,3-6,9H2,1-2H3;1-2H3. The van der Waals surface area contributed by atoms with E-state index in [0.717, 1.165) is 30.5 Å². The minimum atomic E-state index is -0.0382. The molecule has 5 heteroatoms. The van der Waals surface area contributed by atoms with E-state index in [-0.39, 0.29) is 12.3 Å². The maximum absolute atomic E-state index is 5.87. The molecular formula is C17H27N3O2. The van der Waals surface area contributed by atoms with Gasteiger partial charge in [0.15, 0.2) is 6.29 Å². The Kier molecular flexibility index (Phi) is 6.34. The quantitative estimate of drug-likeness (QED) is 0.860. The van der Waals surface area contributed by atoms with Crippen LogP contribution in [0.5, 0.6) is 0 Å². The van der Waals surface area contributed by atoms with Crippen molar-refractivity contribution in [2.24, 2.45) is 0 Å². The Morgan fingerprint density at radius 2 is 2.23 bits per heavy atom. The fraction of sp³-hybridized carbons (Fsp3) is 0.647. The lowest BCUT2D eigenvalue weighted by atomic mass is 10.2. The zero-order valence-electron chi connectivity index (χ0n) is 14.1.